The Balaban J connectivity index is 2.67. The van der Waals surface area contributed by atoms with Gasteiger partial charge in [-0.15, -0.1) is 0 Å². The molecule has 9 N–H and O–H groups in total. The number of aromatic amines is 1. The van der Waals surface area contributed by atoms with Crippen LogP contribution in [0.2, 0.25) is 0 Å². The maximum Gasteiger partial charge on any atom is 0.326 e. The Morgan fingerprint density at radius 3 is 2.36 bits per heavy atom. The number of carboxylic acid groups (broad SMARTS) is 1. The number of hydrogen-bond acceptors (Lipinski definition) is 7. The number of imidazole rings is 1. The van der Waals surface area contributed by atoms with Crippen LogP contribution in [0.5, 0.6) is 0 Å². The van der Waals surface area contributed by atoms with E-state index in [9.17, 15) is 24.0 Å². The fourth-order valence-electron chi connectivity index (χ4n) is 2.07. The molecule has 28 heavy (non-hydrogen) atoms. The highest BCUT2D eigenvalue weighted by Gasteiger charge is 2.25. The van der Waals surface area contributed by atoms with Crippen molar-refractivity contribution in [2.24, 2.45) is 11.5 Å². The number of carboxylic acids is 1. The highest BCUT2D eigenvalue weighted by molar-refractivity contribution is 5.93. The van der Waals surface area contributed by atoms with E-state index < -0.39 is 60.7 Å². The maximum atomic E-state index is 12.4. The molecule has 0 saturated carbocycles. The summed E-state index contributed by atoms with van der Waals surface area (Å²) in [6, 6.07) is -3.42. The van der Waals surface area contributed by atoms with Crippen molar-refractivity contribution in [3.8, 4) is 0 Å². The molecule has 0 saturated heterocycles. The van der Waals surface area contributed by atoms with E-state index in [2.05, 4.69) is 25.9 Å². The summed E-state index contributed by atoms with van der Waals surface area (Å²) in [6.07, 6.45) is 2.33. The minimum Gasteiger partial charge on any atom is -0.480 e. The molecule has 4 amide bonds. The summed E-state index contributed by atoms with van der Waals surface area (Å²) < 4.78 is 0. The third-order valence-corrected chi connectivity index (χ3v) is 3.49. The van der Waals surface area contributed by atoms with Crippen LogP contribution < -0.4 is 27.4 Å². The van der Waals surface area contributed by atoms with E-state index in [-0.39, 0.29) is 6.42 Å². The van der Waals surface area contributed by atoms with Gasteiger partial charge in [0.15, 0.2) is 0 Å². The van der Waals surface area contributed by atoms with Gasteiger partial charge in [0.25, 0.3) is 0 Å². The number of primary amides is 1. The van der Waals surface area contributed by atoms with Gasteiger partial charge < -0.3 is 37.5 Å². The Morgan fingerprint density at radius 1 is 1.18 bits per heavy atom. The first-order valence-electron chi connectivity index (χ1n) is 8.21. The number of nitrogens with zero attached hydrogens (tertiary/aromatic N) is 1. The third kappa shape index (κ3) is 7.82. The number of H-pyrrole nitrogens is 1. The standard InChI is InChI=1S/C15H23N7O6/c1-7(16)13(25)22-9(2-8-4-18-6-20-8)14(26)19-5-12(24)21-10(15(27)28)3-11(17)23/h4,6-7,9-10H,2-3,5,16H2,1H3,(H2,17,23)(H,18,20)(H,19,26)(H,21,24)(H,22,25)(H,27,28). The average Bonchev–Trinajstić information content (AvgIpc) is 3.10. The fourth-order valence-corrected chi connectivity index (χ4v) is 2.07. The Kier molecular flexibility index (Phi) is 8.55. The van der Waals surface area contributed by atoms with Crippen LogP contribution in [0.3, 0.4) is 0 Å². The van der Waals surface area contributed by atoms with Crippen LogP contribution in [0.15, 0.2) is 12.5 Å². The molecule has 13 heteroatoms. The van der Waals surface area contributed by atoms with Crippen molar-refractivity contribution in [3.05, 3.63) is 18.2 Å². The molecule has 0 radical (unpaired) electrons. The van der Waals surface area contributed by atoms with Gasteiger partial charge in [0.05, 0.1) is 25.3 Å². The monoisotopic (exact) mass is 397 g/mol. The molecule has 0 aliphatic carbocycles. The summed E-state index contributed by atoms with van der Waals surface area (Å²) >= 11 is 0. The van der Waals surface area contributed by atoms with Crippen LogP contribution in [0.1, 0.15) is 19.0 Å². The largest absolute Gasteiger partial charge is 0.480 e. The van der Waals surface area contributed by atoms with Crippen molar-refractivity contribution >= 4 is 29.6 Å². The van der Waals surface area contributed by atoms with Crippen molar-refractivity contribution < 1.29 is 29.1 Å². The Labute approximate surface area is 159 Å². The van der Waals surface area contributed by atoms with E-state index in [4.69, 9.17) is 16.6 Å². The molecule has 0 bridgehead atoms. The topological polar surface area (TPSA) is 222 Å². The molecule has 1 heterocycles. The first-order chi connectivity index (χ1) is 13.1. The zero-order valence-corrected chi connectivity index (χ0v) is 15.1. The summed E-state index contributed by atoms with van der Waals surface area (Å²) in [6.45, 7) is 0.869. The second-order valence-corrected chi connectivity index (χ2v) is 5.98. The summed E-state index contributed by atoms with van der Waals surface area (Å²) in [5.41, 5.74) is 11.0. The van der Waals surface area contributed by atoms with E-state index >= 15 is 0 Å². The second kappa shape index (κ2) is 10.6. The lowest BCUT2D eigenvalue weighted by molar-refractivity contribution is -0.143. The first-order valence-corrected chi connectivity index (χ1v) is 8.21. The van der Waals surface area contributed by atoms with Gasteiger partial charge in [0.1, 0.15) is 12.1 Å². The number of carbonyl (C=O) groups is 5. The van der Waals surface area contributed by atoms with Gasteiger partial charge in [-0.3, -0.25) is 19.2 Å². The van der Waals surface area contributed by atoms with Crippen molar-refractivity contribution in [3.63, 3.8) is 0 Å². The van der Waals surface area contributed by atoms with Gasteiger partial charge in [-0.1, -0.05) is 0 Å². The molecule has 13 nitrogen and oxygen atoms in total. The highest BCUT2D eigenvalue weighted by atomic mass is 16.4. The van der Waals surface area contributed by atoms with Gasteiger partial charge in [-0.05, 0) is 6.92 Å². The number of nitrogens with one attached hydrogen (secondary N) is 4. The van der Waals surface area contributed by atoms with Gasteiger partial charge in [-0.2, -0.15) is 0 Å². The molecule has 3 atom stereocenters. The molecule has 0 aliphatic rings. The molecular weight excluding hydrogens is 374 g/mol. The zero-order valence-electron chi connectivity index (χ0n) is 15.1. The Morgan fingerprint density at radius 2 is 1.86 bits per heavy atom. The van der Waals surface area contributed by atoms with Crippen molar-refractivity contribution in [1.82, 2.24) is 25.9 Å². The van der Waals surface area contributed by atoms with Gasteiger partial charge in [0.2, 0.25) is 23.6 Å². The van der Waals surface area contributed by atoms with Crippen LogP contribution in [-0.4, -0.2) is 69.3 Å². The lowest BCUT2D eigenvalue weighted by Gasteiger charge is -2.19. The smallest absolute Gasteiger partial charge is 0.326 e. The molecule has 1 aromatic heterocycles. The lowest BCUT2D eigenvalue weighted by Crippen LogP contribution is -2.54. The number of amides is 4. The Hall–Kier alpha value is -3.48. The number of nitrogens with two attached hydrogens (primary N) is 2. The summed E-state index contributed by atoms with van der Waals surface area (Å²) in [4.78, 5) is 64.5. The molecule has 154 valence electrons. The minimum atomic E-state index is -1.51. The van der Waals surface area contributed by atoms with E-state index in [1.807, 2.05) is 0 Å². The average molecular weight is 397 g/mol. The van der Waals surface area contributed by atoms with E-state index in [0.29, 0.717) is 5.69 Å². The van der Waals surface area contributed by atoms with Crippen LogP contribution in [0, 0.1) is 0 Å². The number of rotatable bonds is 11. The molecule has 0 aromatic carbocycles. The van der Waals surface area contributed by atoms with E-state index in [1.165, 1.54) is 19.4 Å². The van der Waals surface area contributed by atoms with E-state index in [1.54, 1.807) is 0 Å². The van der Waals surface area contributed by atoms with Crippen molar-refractivity contribution in [2.75, 3.05) is 6.54 Å². The highest BCUT2D eigenvalue weighted by Crippen LogP contribution is 2.00. The normalized spacial score (nSPS) is 13.6. The summed E-state index contributed by atoms with van der Waals surface area (Å²) in [5.74, 6) is -4.47. The van der Waals surface area contributed by atoms with Gasteiger partial charge in [-0.25, -0.2) is 9.78 Å². The Bertz CT molecular complexity index is 718. The molecule has 1 rings (SSSR count). The van der Waals surface area contributed by atoms with Crippen LogP contribution in [-0.2, 0) is 30.4 Å². The minimum absolute atomic E-state index is 0.0609. The first kappa shape index (κ1) is 22.6. The van der Waals surface area contributed by atoms with Crippen molar-refractivity contribution in [2.45, 2.75) is 37.9 Å². The molecule has 3 unspecified atom stereocenters. The molecule has 0 aliphatic heterocycles. The van der Waals surface area contributed by atoms with Gasteiger partial charge in [0, 0.05) is 18.3 Å². The molecule has 0 fully saturated rings. The second-order valence-electron chi connectivity index (χ2n) is 5.98. The SMILES string of the molecule is CC(N)C(=O)NC(Cc1cnc[nH]1)C(=O)NCC(=O)NC(CC(N)=O)C(=O)O. The van der Waals surface area contributed by atoms with Gasteiger partial charge >= 0.3 is 5.97 Å². The quantitative estimate of drug-likeness (QED) is 0.197. The number of aromatic nitrogens is 2. The van der Waals surface area contributed by atoms with Crippen LogP contribution in [0.25, 0.3) is 0 Å². The van der Waals surface area contributed by atoms with Crippen molar-refractivity contribution in [1.29, 1.82) is 0 Å². The zero-order chi connectivity index (χ0) is 21.3. The lowest BCUT2D eigenvalue weighted by atomic mass is 10.1. The van der Waals surface area contributed by atoms with E-state index in [0.717, 1.165) is 0 Å². The number of carbonyl (C=O) groups excluding carboxylic acids is 4. The molecular formula is C15H23N7O6. The molecule has 1 aromatic rings. The maximum absolute atomic E-state index is 12.4. The fraction of sp³-hybridized carbons (Fsp3) is 0.467. The third-order valence-electron chi connectivity index (χ3n) is 3.49. The predicted molar refractivity (Wildman–Crippen MR) is 94.3 cm³/mol. The summed E-state index contributed by atoms with van der Waals surface area (Å²) in [7, 11) is 0. The summed E-state index contributed by atoms with van der Waals surface area (Å²) in [5, 5.41) is 15.8. The predicted octanol–water partition coefficient (Wildman–Crippen LogP) is -3.65. The van der Waals surface area contributed by atoms with Crippen LogP contribution >= 0.6 is 0 Å². The molecule has 0 spiro atoms. The number of hydrogen-bond donors (Lipinski definition) is 7. The van der Waals surface area contributed by atoms with Crippen LogP contribution in [0.4, 0.5) is 0 Å². The number of aliphatic carboxylic acids is 1.